The fourth-order valence-electron chi connectivity index (χ4n) is 4.39. The zero-order chi connectivity index (χ0) is 16.6. The van der Waals surface area contributed by atoms with Crippen LogP contribution in [0.5, 0.6) is 0 Å². The van der Waals surface area contributed by atoms with E-state index >= 15 is 0 Å². The highest BCUT2D eigenvalue weighted by molar-refractivity contribution is 5.18. The van der Waals surface area contributed by atoms with Crippen LogP contribution in [0.2, 0.25) is 0 Å². The summed E-state index contributed by atoms with van der Waals surface area (Å²) in [5.41, 5.74) is 1.48. The molecule has 4 rings (SSSR count). The van der Waals surface area contributed by atoms with E-state index in [4.69, 9.17) is 18.6 Å². The molecule has 1 aromatic heterocycles. The highest BCUT2D eigenvalue weighted by atomic mass is 35.7. The first-order chi connectivity index (χ1) is 10.8. The lowest BCUT2D eigenvalue weighted by Gasteiger charge is -2.50. The summed E-state index contributed by atoms with van der Waals surface area (Å²) in [6.45, 7) is 3.39. The van der Waals surface area contributed by atoms with E-state index in [1.54, 1.807) is 6.07 Å². The first-order valence-corrected chi connectivity index (χ1v) is 9.16. The quantitative estimate of drug-likeness (QED) is 0.566. The van der Waals surface area contributed by atoms with Crippen LogP contribution in [0.4, 0.5) is 0 Å². The third kappa shape index (κ3) is 3.93. The van der Waals surface area contributed by atoms with E-state index in [-0.39, 0.29) is 5.56 Å². The maximum Gasteiger partial charge on any atom is 0.250 e. The minimum absolute atomic E-state index is 0.200. The number of piperidine rings is 2. The van der Waals surface area contributed by atoms with Gasteiger partial charge >= 0.3 is 0 Å². The second-order valence-corrected chi connectivity index (χ2v) is 7.34. The summed E-state index contributed by atoms with van der Waals surface area (Å²) in [5.74, 6) is 1.30. The maximum absolute atomic E-state index is 12.0. The van der Waals surface area contributed by atoms with Gasteiger partial charge < -0.3 is 4.57 Å². The van der Waals surface area contributed by atoms with Crippen LogP contribution in [0.1, 0.15) is 37.3 Å². The highest BCUT2D eigenvalue weighted by Crippen LogP contribution is 2.41. The predicted molar refractivity (Wildman–Crippen MR) is 73.0 cm³/mol. The number of rotatable bonds is 0. The number of nitrogens with zero attached hydrogens (tertiary/aromatic N) is 2. The molecule has 2 saturated heterocycles. The molecule has 0 saturated carbocycles. The van der Waals surface area contributed by atoms with Crippen molar-refractivity contribution < 1.29 is 28.9 Å². The van der Waals surface area contributed by atoms with E-state index in [2.05, 4.69) is 11.0 Å². The smallest absolute Gasteiger partial charge is 0.250 e. The number of hydrogen-bond donors (Lipinski definition) is 1. The van der Waals surface area contributed by atoms with Crippen LogP contribution < -0.4 is 19.5 Å². The van der Waals surface area contributed by atoms with E-state index in [9.17, 15) is 4.79 Å². The zero-order valence-electron chi connectivity index (χ0n) is 12.8. The SMILES string of the molecule is O=c1cccc2n1C[C@H]1C[C@@H]2CN2CCCC[C@H]12.[O-][Cl+3]([O-])([O-])O. The van der Waals surface area contributed by atoms with E-state index in [0.717, 1.165) is 12.6 Å². The Morgan fingerprint density at radius 2 is 1.91 bits per heavy atom. The Kier molecular flexibility index (Phi) is 4.78. The first-order valence-electron chi connectivity index (χ1n) is 7.90. The Labute approximate surface area is 136 Å². The van der Waals surface area contributed by atoms with Gasteiger partial charge in [0.05, 0.1) is 14.9 Å². The van der Waals surface area contributed by atoms with Gasteiger partial charge in [0.2, 0.25) is 0 Å². The molecule has 3 aliphatic rings. The fraction of sp³-hybridized carbons (Fsp3) is 0.667. The van der Waals surface area contributed by atoms with Crippen molar-refractivity contribution in [3.63, 3.8) is 0 Å². The normalized spacial score (nSPS) is 29.8. The van der Waals surface area contributed by atoms with Crippen molar-refractivity contribution >= 4 is 0 Å². The first kappa shape index (κ1) is 16.9. The maximum atomic E-state index is 12.0. The monoisotopic (exact) mass is 344 g/mol. The number of hydrogen-bond acceptors (Lipinski definition) is 6. The molecule has 3 aliphatic heterocycles. The molecular formula is C15H21ClN2O5. The molecule has 0 amide bonds. The number of fused-ring (bicyclic) bond motifs is 6. The number of aromatic nitrogens is 1. The third-order valence-corrected chi connectivity index (χ3v) is 5.17. The zero-order valence-corrected chi connectivity index (χ0v) is 13.5. The molecule has 2 fully saturated rings. The fourth-order valence-corrected chi connectivity index (χ4v) is 4.39. The van der Waals surface area contributed by atoms with Crippen molar-refractivity contribution in [2.45, 2.75) is 44.2 Å². The molecule has 4 heterocycles. The van der Waals surface area contributed by atoms with Gasteiger partial charge in [0.15, 0.2) is 0 Å². The van der Waals surface area contributed by atoms with Crippen molar-refractivity contribution in [3.8, 4) is 0 Å². The molecule has 1 aromatic rings. The van der Waals surface area contributed by atoms with Crippen molar-refractivity contribution in [2.75, 3.05) is 13.1 Å². The summed E-state index contributed by atoms with van der Waals surface area (Å²) in [5, 5.41) is 0. The van der Waals surface area contributed by atoms with E-state index in [1.165, 1.54) is 44.5 Å². The van der Waals surface area contributed by atoms with E-state index in [1.807, 2.05) is 10.6 Å². The molecule has 0 aliphatic carbocycles. The summed E-state index contributed by atoms with van der Waals surface area (Å²) in [6.07, 6.45) is 5.37. The Morgan fingerprint density at radius 3 is 2.65 bits per heavy atom. The summed E-state index contributed by atoms with van der Waals surface area (Å²) in [6, 6.07) is 6.54. The number of halogens is 1. The number of pyridine rings is 1. The van der Waals surface area contributed by atoms with E-state index in [0.29, 0.717) is 11.8 Å². The van der Waals surface area contributed by atoms with E-state index < -0.39 is 10.2 Å². The molecule has 2 bridgehead atoms. The Bertz CT molecular complexity index is 609. The average molecular weight is 345 g/mol. The molecule has 0 spiro atoms. The second-order valence-electron chi connectivity index (χ2n) is 6.55. The van der Waals surface area contributed by atoms with Crippen LogP contribution in [0.15, 0.2) is 23.0 Å². The van der Waals surface area contributed by atoms with Gasteiger partial charge in [0, 0.05) is 36.8 Å². The Balaban J connectivity index is 0.000000276. The second kappa shape index (κ2) is 6.51. The van der Waals surface area contributed by atoms with Crippen LogP contribution in [0, 0.1) is 16.2 Å². The molecule has 23 heavy (non-hydrogen) atoms. The summed E-state index contributed by atoms with van der Waals surface area (Å²) >= 11 is 0. The van der Waals surface area contributed by atoms with Gasteiger partial charge in [-0.2, -0.15) is 14.0 Å². The lowest BCUT2D eigenvalue weighted by Crippen LogP contribution is -2.58. The van der Waals surface area contributed by atoms with Gasteiger partial charge in [0.1, 0.15) is 0 Å². The summed E-state index contributed by atoms with van der Waals surface area (Å²) in [7, 11) is -4.69. The minimum atomic E-state index is -4.69. The lowest BCUT2D eigenvalue weighted by molar-refractivity contribution is -1.92. The van der Waals surface area contributed by atoms with Crippen molar-refractivity contribution in [1.29, 1.82) is 0 Å². The summed E-state index contributed by atoms with van der Waals surface area (Å²) in [4.78, 5) is 14.7. The van der Waals surface area contributed by atoms with Gasteiger partial charge in [-0.05, 0) is 37.8 Å². The molecule has 3 atom stereocenters. The van der Waals surface area contributed by atoms with Gasteiger partial charge in [-0.15, -0.1) is 0 Å². The van der Waals surface area contributed by atoms with Gasteiger partial charge in [-0.25, -0.2) is 0 Å². The molecule has 8 heteroatoms. The Morgan fingerprint density at radius 1 is 1.17 bits per heavy atom. The van der Waals surface area contributed by atoms with Crippen LogP contribution in [0.3, 0.4) is 0 Å². The summed E-state index contributed by atoms with van der Waals surface area (Å²) < 4.78 is 34.8. The largest absolute Gasteiger partial charge is 0.312 e. The third-order valence-electron chi connectivity index (χ3n) is 5.17. The average Bonchev–Trinajstić information content (AvgIpc) is 2.47. The van der Waals surface area contributed by atoms with Crippen LogP contribution in [-0.4, -0.2) is 33.3 Å². The van der Waals surface area contributed by atoms with Crippen LogP contribution >= 0.6 is 0 Å². The molecule has 0 aromatic carbocycles. The minimum Gasteiger partial charge on any atom is -0.312 e. The van der Waals surface area contributed by atoms with Crippen LogP contribution in [-0.2, 0) is 6.54 Å². The van der Waals surface area contributed by atoms with Gasteiger partial charge in [-0.1, -0.05) is 12.5 Å². The molecular weight excluding hydrogens is 324 g/mol. The molecule has 128 valence electrons. The molecule has 1 N–H and O–H groups in total. The van der Waals surface area contributed by atoms with Gasteiger partial charge in [0.25, 0.3) is 5.56 Å². The highest BCUT2D eigenvalue weighted by Gasteiger charge is 2.41. The lowest BCUT2D eigenvalue weighted by atomic mass is 9.75. The Hall–Kier alpha value is -0.960. The topological polar surface area (TPSA) is 115 Å². The van der Waals surface area contributed by atoms with Crippen molar-refractivity contribution in [1.82, 2.24) is 9.47 Å². The van der Waals surface area contributed by atoms with Gasteiger partial charge in [-0.3, -0.25) is 9.69 Å². The molecule has 0 unspecified atom stereocenters. The van der Waals surface area contributed by atoms with Crippen LogP contribution in [0.25, 0.3) is 0 Å². The van der Waals surface area contributed by atoms with Crippen molar-refractivity contribution in [3.05, 3.63) is 34.2 Å². The molecule has 7 nitrogen and oxygen atoms in total. The predicted octanol–water partition coefficient (Wildman–Crippen LogP) is -2.30. The van der Waals surface area contributed by atoms with Crippen molar-refractivity contribution in [2.24, 2.45) is 5.92 Å². The standard InChI is InChI=1S/C15H20N2O.ClHO4/c18-15-6-3-5-14-11-8-12(10-17(14)15)13-4-1-2-7-16(13)9-11;2-1(3,4)5/h3,5-6,11-13H,1-2,4,7-10H2;(H,2,3,4,5)/t11-,12-,13-;/m1./s1. The molecule has 0 radical (unpaired) electrons.